The van der Waals surface area contributed by atoms with Crippen LogP contribution >= 0.6 is 23.3 Å². The summed E-state index contributed by atoms with van der Waals surface area (Å²) in [5, 5.41) is 1.09. The Labute approximate surface area is 121 Å². The second kappa shape index (κ2) is 6.16. The van der Waals surface area contributed by atoms with Gasteiger partial charge in [-0.3, -0.25) is 0 Å². The van der Waals surface area contributed by atoms with Crippen LogP contribution in [0, 0.1) is 0 Å². The number of benzene rings is 1. The number of nitrogen functional groups attached to an aromatic ring is 1. The van der Waals surface area contributed by atoms with Gasteiger partial charge in [0.25, 0.3) is 0 Å². The van der Waals surface area contributed by atoms with Crippen LogP contribution < -0.4 is 15.4 Å². The number of nitrogens with zero attached hydrogens (tertiary/aromatic N) is 2. The Balaban J connectivity index is 2.23. The van der Waals surface area contributed by atoms with Crippen LogP contribution in [0.2, 0.25) is 0 Å². The molecular weight excluding hydrogens is 278 g/mol. The maximum Gasteiger partial charge on any atom is 0.153 e. The molecule has 2 rings (SSSR count). The average molecular weight is 295 g/mol. The van der Waals surface area contributed by atoms with Crippen LogP contribution in [0.5, 0.6) is 5.75 Å². The Bertz CT molecular complexity index is 557. The van der Waals surface area contributed by atoms with Crippen molar-refractivity contribution in [3.8, 4) is 5.75 Å². The molecule has 0 aliphatic rings. The lowest BCUT2D eigenvalue weighted by molar-refractivity contribution is 0.409. The lowest BCUT2D eigenvalue weighted by atomic mass is 10.2. The van der Waals surface area contributed by atoms with Crippen LogP contribution in [-0.2, 0) is 6.54 Å². The molecule has 2 aromatic rings. The number of anilines is 2. The standard InChI is InChI=1S/C13H17N3OS2/c1-16(13-11(18-3)12(14)15-19-13)8-9-6-4-5-7-10(9)17-2/h4-7H,8H2,1-3H3,(H2,14,15). The maximum absolute atomic E-state index is 5.87. The molecule has 102 valence electrons. The molecule has 0 aliphatic carbocycles. The predicted molar refractivity (Wildman–Crippen MR) is 83.4 cm³/mol. The van der Waals surface area contributed by atoms with Crippen molar-refractivity contribution in [3.63, 3.8) is 0 Å². The number of para-hydroxylation sites is 1. The molecule has 19 heavy (non-hydrogen) atoms. The Morgan fingerprint density at radius 2 is 2.16 bits per heavy atom. The highest BCUT2D eigenvalue weighted by Gasteiger charge is 2.15. The fourth-order valence-corrected chi connectivity index (χ4v) is 3.55. The summed E-state index contributed by atoms with van der Waals surface area (Å²) in [6, 6.07) is 8.03. The van der Waals surface area contributed by atoms with E-state index in [0.29, 0.717) is 5.82 Å². The van der Waals surface area contributed by atoms with Gasteiger partial charge in [0.15, 0.2) is 5.82 Å². The Hall–Kier alpha value is -1.40. The number of hydrogen-bond donors (Lipinski definition) is 1. The first-order chi connectivity index (χ1) is 9.17. The third kappa shape index (κ3) is 2.96. The van der Waals surface area contributed by atoms with Gasteiger partial charge < -0.3 is 15.4 Å². The van der Waals surface area contributed by atoms with E-state index in [2.05, 4.69) is 15.3 Å². The summed E-state index contributed by atoms with van der Waals surface area (Å²) in [4.78, 5) is 3.19. The molecule has 0 amide bonds. The Kier molecular flexibility index (Phi) is 4.55. The lowest BCUT2D eigenvalue weighted by Crippen LogP contribution is -2.16. The van der Waals surface area contributed by atoms with Gasteiger partial charge in [0.2, 0.25) is 0 Å². The van der Waals surface area contributed by atoms with Gasteiger partial charge in [0.05, 0.1) is 12.0 Å². The number of rotatable bonds is 5. The van der Waals surface area contributed by atoms with Gasteiger partial charge in [0.1, 0.15) is 10.8 Å². The van der Waals surface area contributed by atoms with Gasteiger partial charge in [-0.25, -0.2) is 0 Å². The number of nitrogens with two attached hydrogens (primary N) is 1. The van der Waals surface area contributed by atoms with E-state index < -0.39 is 0 Å². The Morgan fingerprint density at radius 1 is 1.42 bits per heavy atom. The number of ether oxygens (including phenoxy) is 1. The first-order valence-corrected chi connectivity index (χ1v) is 7.79. The van der Waals surface area contributed by atoms with E-state index in [1.807, 2.05) is 31.5 Å². The van der Waals surface area contributed by atoms with Gasteiger partial charge in [-0.15, -0.1) is 11.8 Å². The van der Waals surface area contributed by atoms with Crippen LogP contribution in [-0.4, -0.2) is 24.8 Å². The summed E-state index contributed by atoms with van der Waals surface area (Å²) in [5.41, 5.74) is 7.01. The van der Waals surface area contributed by atoms with Gasteiger partial charge in [-0.2, -0.15) is 4.37 Å². The van der Waals surface area contributed by atoms with Crippen LogP contribution in [0.1, 0.15) is 5.56 Å². The fraction of sp³-hybridized carbons (Fsp3) is 0.308. The summed E-state index contributed by atoms with van der Waals surface area (Å²) in [7, 11) is 3.73. The molecule has 0 bridgehead atoms. The molecule has 0 spiro atoms. The summed E-state index contributed by atoms with van der Waals surface area (Å²) in [5.74, 6) is 1.51. The number of hydrogen-bond acceptors (Lipinski definition) is 6. The number of methoxy groups -OCH3 is 1. The zero-order valence-corrected chi connectivity index (χ0v) is 12.8. The van der Waals surface area contributed by atoms with Crippen molar-refractivity contribution in [2.75, 3.05) is 31.0 Å². The van der Waals surface area contributed by atoms with E-state index >= 15 is 0 Å². The van der Waals surface area contributed by atoms with Crippen molar-refractivity contribution in [2.24, 2.45) is 0 Å². The fourth-order valence-electron chi connectivity index (χ4n) is 1.88. The third-order valence-corrected chi connectivity index (χ3v) is 4.72. The summed E-state index contributed by atoms with van der Waals surface area (Å²) >= 11 is 3.06. The van der Waals surface area contributed by atoms with E-state index in [1.165, 1.54) is 11.5 Å². The summed E-state index contributed by atoms with van der Waals surface area (Å²) in [6.07, 6.45) is 2.01. The molecule has 0 unspecified atom stereocenters. The molecular formula is C13H17N3OS2. The highest BCUT2D eigenvalue weighted by Crippen LogP contribution is 2.37. The monoisotopic (exact) mass is 295 g/mol. The second-order valence-corrected chi connectivity index (χ2v) is 5.64. The van der Waals surface area contributed by atoms with Crippen LogP contribution in [0.3, 0.4) is 0 Å². The third-order valence-electron chi connectivity index (χ3n) is 2.81. The van der Waals surface area contributed by atoms with Crippen LogP contribution in [0.4, 0.5) is 10.8 Å². The molecule has 1 aromatic carbocycles. The summed E-state index contributed by atoms with van der Waals surface area (Å²) in [6.45, 7) is 0.763. The summed E-state index contributed by atoms with van der Waals surface area (Å²) < 4.78 is 9.59. The van der Waals surface area contributed by atoms with Crippen LogP contribution in [0.15, 0.2) is 29.2 Å². The highest BCUT2D eigenvalue weighted by molar-refractivity contribution is 7.99. The van der Waals surface area contributed by atoms with Gasteiger partial charge >= 0.3 is 0 Å². The van der Waals surface area contributed by atoms with E-state index in [0.717, 1.165) is 27.8 Å². The molecule has 0 fully saturated rings. The average Bonchev–Trinajstić information content (AvgIpc) is 2.80. The molecule has 4 nitrogen and oxygen atoms in total. The van der Waals surface area contributed by atoms with Gasteiger partial charge in [-0.05, 0) is 23.9 Å². The Morgan fingerprint density at radius 3 is 2.84 bits per heavy atom. The molecule has 0 atom stereocenters. The van der Waals surface area contributed by atoms with Crippen molar-refractivity contribution in [1.82, 2.24) is 4.37 Å². The molecule has 0 aliphatic heterocycles. The largest absolute Gasteiger partial charge is 0.496 e. The van der Waals surface area contributed by atoms with Gasteiger partial charge in [-0.1, -0.05) is 18.2 Å². The SMILES string of the molecule is COc1ccccc1CN(C)c1snc(N)c1SC. The van der Waals surface area contributed by atoms with E-state index in [-0.39, 0.29) is 0 Å². The molecule has 0 radical (unpaired) electrons. The first-order valence-electron chi connectivity index (χ1n) is 5.79. The number of aromatic nitrogens is 1. The minimum absolute atomic E-state index is 0.611. The minimum atomic E-state index is 0.611. The smallest absolute Gasteiger partial charge is 0.153 e. The molecule has 1 heterocycles. The molecule has 0 saturated carbocycles. The molecule has 1 aromatic heterocycles. The lowest BCUT2D eigenvalue weighted by Gasteiger charge is -2.19. The molecule has 0 saturated heterocycles. The van der Waals surface area contributed by atoms with Gasteiger partial charge in [0, 0.05) is 19.2 Å². The molecule has 2 N–H and O–H groups in total. The second-order valence-electron chi connectivity index (χ2n) is 4.07. The van der Waals surface area contributed by atoms with E-state index in [4.69, 9.17) is 10.5 Å². The first kappa shape index (κ1) is 14.0. The maximum atomic E-state index is 5.87. The van der Waals surface area contributed by atoms with Crippen molar-refractivity contribution >= 4 is 34.1 Å². The zero-order chi connectivity index (χ0) is 13.8. The zero-order valence-electron chi connectivity index (χ0n) is 11.2. The minimum Gasteiger partial charge on any atom is -0.496 e. The highest BCUT2D eigenvalue weighted by atomic mass is 32.2. The normalized spacial score (nSPS) is 10.5. The van der Waals surface area contributed by atoms with Crippen molar-refractivity contribution < 1.29 is 4.74 Å². The van der Waals surface area contributed by atoms with Crippen LogP contribution in [0.25, 0.3) is 0 Å². The predicted octanol–water partition coefficient (Wildman–Crippen LogP) is 3.09. The molecule has 6 heteroatoms. The van der Waals surface area contributed by atoms with Crippen molar-refractivity contribution in [1.29, 1.82) is 0 Å². The van der Waals surface area contributed by atoms with E-state index in [9.17, 15) is 0 Å². The number of thioether (sulfide) groups is 1. The topological polar surface area (TPSA) is 51.4 Å². The van der Waals surface area contributed by atoms with Crippen molar-refractivity contribution in [3.05, 3.63) is 29.8 Å². The quantitative estimate of drug-likeness (QED) is 0.859. The van der Waals surface area contributed by atoms with E-state index in [1.54, 1.807) is 18.9 Å². The van der Waals surface area contributed by atoms with Crippen molar-refractivity contribution in [2.45, 2.75) is 11.4 Å².